The van der Waals surface area contributed by atoms with E-state index in [0.717, 1.165) is 31.7 Å². The fraction of sp³-hybridized carbons (Fsp3) is 0.333. The van der Waals surface area contributed by atoms with Crippen molar-refractivity contribution in [2.24, 2.45) is 5.73 Å². The standard InChI is InChI=1S/C18H22FN5O/c19-15-10-14(16(21)25)17(22-13-8-6-11(20)7-9-13)24-18(15)23-12-4-2-1-3-5-12/h6-10,12H,1-5,20H2,(H2,21,25)(H2,22,23,24). The maximum Gasteiger partial charge on any atom is 0.252 e. The number of primary amides is 1. The van der Waals surface area contributed by atoms with Gasteiger partial charge in [0.1, 0.15) is 5.82 Å². The van der Waals surface area contributed by atoms with E-state index in [1.54, 1.807) is 24.3 Å². The van der Waals surface area contributed by atoms with E-state index >= 15 is 0 Å². The molecule has 0 bridgehead atoms. The van der Waals surface area contributed by atoms with Crippen molar-refractivity contribution in [3.05, 3.63) is 41.7 Å². The maximum absolute atomic E-state index is 14.4. The Morgan fingerprint density at radius 3 is 2.44 bits per heavy atom. The Morgan fingerprint density at radius 1 is 1.12 bits per heavy atom. The second-order valence-electron chi connectivity index (χ2n) is 6.31. The first-order chi connectivity index (χ1) is 12.0. The SMILES string of the molecule is NC(=O)c1cc(F)c(NC2CCCCC2)nc1Nc1ccc(N)cc1. The lowest BCUT2D eigenvalue weighted by atomic mass is 9.95. The van der Waals surface area contributed by atoms with Crippen LogP contribution in [0.4, 0.5) is 27.4 Å². The van der Waals surface area contributed by atoms with E-state index in [4.69, 9.17) is 11.5 Å². The zero-order valence-corrected chi connectivity index (χ0v) is 13.9. The van der Waals surface area contributed by atoms with Crippen molar-refractivity contribution in [3.8, 4) is 0 Å². The number of halogens is 1. The zero-order valence-electron chi connectivity index (χ0n) is 13.9. The summed E-state index contributed by atoms with van der Waals surface area (Å²) in [5, 5.41) is 6.16. The van der Waals surface area contributed by atoms with E-state index in [1.807, 2.05) is 0 Å². The number of amides is 1. The van der Waals surface area contributed by atoms with E-state index in [2.05, 4.69) is 15.6 Å². The minimum absolute atomic E-state index is 0.00326. The van der Waals surface area contributed by atoms with Crippen molar-refractivity contribution in [1.29, 1.82) is 0 Å². The topological polar surface area (TPSA) is 106 Å². The lowest BCUT2D eigenvalue weighted by Gasteiger charge is -2.24. The minimum atomic E-state index is -0.742. The zero-order chi connectivity index (χ0) is 17.8. The molecule has 1 fully saturated rings. The molecule has 6 nitrogen and oxygen atoms in total. The first kappa shape index (κ1) is 17.0. The number of nitrogen functional groups attached to an aromatic ring is 1. The molecular formula is C18H22FN5O. The van der Waals surface area contributed by atoms with Gasteiger partial charge in [-0.3, -0.25) is 4.79 Å². The molecule has 25 heavy (non-hydrogen) atoms. The summed E-state index contributed by atoms with van der Waals surface area (Å²) in [5.74, 6) is -0.970. The molecule has 1 saturated carbocycles. The number of nitrogens with one attached hydrogen (secondary N) is 2. The molecule has 0 atom stereocenters. The van der Waals surface area contributed by atoms with Gasteiger partial charge in [0.25, 0.3) is 5.91 Å². The summed E-state index contributed by atoms with van der Waals surface area (Å²) in [6, 6.07) is 8.26. The Morgan fingerprint density at radius 2 is 1.80 bits per heavy atom. The molecule has 6 N–H and O–H groups in total. The van der Waals surface area contributed by atoms with Gasteiger partial charge in [-0.25, -0.2) is 9.37 Å². The van der Waals surface area contributed by atoms with Crippen molar-refractivity contribution in [2.75, 3.05) is 16.4 Å². The molecule has 0 spiro atoms. The summed E-state index contributed by atoms with van der Waals surface area (Å²) < 4.78 is 14.4. The van der Waals surface area contributed by atoms with E-state index in [0.29, 0.717) is 11.4 Å². The van der Waals surface area contributed by atoms with Gasteiger partial charge in [0.2, 0.25) is 0 Å². The Hall–Kier alpha value is -2.83. The van der Waals surface area contributed by atoms with Crippen molar-refractivity contribution in [1.82, 2.24) is 4.98 Å². The maximum atomic E-state index is 14.4. The lowest BCUT2D eigenvalue weighted by Crippen LogP contribution is -2.24. The van der Waals surface area contributed by atoms with Crippen LogP contribution in [0.3, 0.4) is 0 Å². The molecule has 0 aliphatic heterocycles. The third-order valence-corrected chi connectivity index (χ3v) is 4.36. The van der Waals surface area contributed by atoms with Crippen molar-refractivity contribution >= 4 is 28.9 Å². The normalized spacial score (nSPS) is 14.9. The molecule has 132 valence electrons. The number of nitrogens with two attached hydrogens (primary N) is 2. The highest BCUT2D eigenvalue weighted by Gasteiger charge is 2.19. The highest BCUT2D eigenvalue weighted by molar-refractivity contribution is 5.98. The van der Waals surface area contributed by atoms with Gasteiger partial charge < -0.3 is 22.1 Å². The summed E-state index contributed by atoms with van der Waals surface area (Å²) in [4.78, 5) is 15.9. The number of benzene rings is 1. The van der Waals surface area contributed by atoms with Gasteiger partial charge in [0.05, 0.1) is 5.56 Å². The van der Waals surface area contributed by atoms with Gasteiger partial charge in [-0.05, 0) is 43.2 Å². The van der Waals surface area contributed by atoms with Crippen LogP contribution in [-0.2, 0) is 0 Å². The van der Waals surface area contributed by atoms with Gasteiger partial charge >= 0.3 is 0 Å². The summed E-state index contributed by atoms with van der Waals surface area (Å²) >= 11 is 0. The molecular weight excluding hydrogens is 321 g/mol. The minimum Gasteiger partial charge on any atom is -0.399 e. The summed E-state index contributed by atoms with van der Waals surface area (Å²) in [7, 11) is 0. The number of anilines is 4. The first-order valence-corrected chi connectivity index (χ1v) is 8.42. The highest BCUT2D eigenvalue weighted by Crippen LogP contribution is 2.27. The van der Waals surface area contributed by atoms with Crippen LogP contribution in [0.5, 0.6) is 0 Å². The smallest absolute Gasteiger partial charge is 0.252 e. The van der Waals surface area contributed by atoms with Crippen LogP contribution in [0.1, 0.15) is 42.5 Å². The fourth-order valence-electron chi connectivity index (χ4n) is 3.02. The van der Waals surface area contributed by atoms with Crippen LogP contribution in [0, 0.1) is 5.82 Å². The second-order valence-corrected chi connectivity index (χ2v) is 6.31. The molecule has 3 rings (SSSR count). The number of hydrogen-bond donors (Lipinski definition) is 4. The lowest BCUT2D eigenvalue weighted by molar-refractivity contribution is 0.100. The largest absolute Gasteiger partial charge is 0.399 e. The fourth-order valence-corrected chi connectivity index (χ4v) is 3.02. The summed E-state index contributed by atoms with van der Waals surface area (Å²) in [6.45, 7) is 0. The summed E-state index contributed by atoms with van der Waals surface area (Å²) in [6.07, 6.45) is 5.42. The van der Waals surface area contributed by atoms with Crippen molar-refractivity contribution in [3.63, 3.8) is 0 Å². The molecule has 0 radical (unpaired) electrons. The highest BCUT2D eigenvalue weighted by atomic mass is 19.1. The number of carbonyl (C=O) groups excluding carboxylic acids is 1. The predicted octanol–water partition coefficient (Wildman–Crippen LogP) is 3.39. The average molecular weight is 343 g/mol. The van der Waals surface area contributed by atoms with E-state index in [1.165, 1.54) is 6.42 Å². The molecule has 1 aromatic carbocycles. The molecule has 1 heterocycles. The second kappa shape index (κ2) is 7.38. The van der Waals surface area contributed by atoms with Crippen LogP contribution >= 0.6 is 0 Å². The Balaban J connectivity index is 1.89. The van der Waals surface area contributed by atoms with Crippen LogP contribution < -0.4 is 22.1 Å². The molecule has 0 saturated heterocycles. The molecule has 7 heteroatoms. The number of aromatic nitrogens is 1. The van der Waals surface area contributed by atoms with Gasteiger partial charge in [-0.1, -0.05) is 19.3 Å². The quantitative estimate of drug-likeness (QED) is 0.623. The third kappa shape index (κ3) is 4.17. The van der Waals surface area contributed by atoms with Crippen molar-refractivity contribution < 1.29 is 9.18 Å². The molecule has 1 aliphatic carbocycles. The molecule has 1 amide bonds. The van der Waals surface area contributed by atoms with Crippen LogP contribution in [0.2, 0.25) is 0 Å². The van der Waals surface area contributed by atoms with E-state index in [9.17, 15) is 9.18 Å². The molecule has 2 aromatic rings. The number of rotatable bonds is 5. The number of nitrogens with zero attached hydrogens (tertiary/aromatic N) is 1. The average Bonchev–Trinajstić information content (AvgIpc) is 2.60. The molecule has 1 aliphatic rings. The predicted molar refractivity (Wildman–Crippen MR) is 97.3 cm³/mol. The van der Waals surface area contributed by atoms with Crippen LogP contribution in [-0.4, -0.2) is 16.9 Å². The molecule has 0 unspecified atom stereocenters. The van der Waals surface area contributed by atoms with Gasteiger partial charge in [0.15, 0.2) is 11.6 Å². The van der Waals surface area contributed by atoms with Crippen LogP contribution in [0.15, 0.2) is 30.3 Å². The number of carbonyl (C=O) groups is 1. The van der Waals surface area contributed by atoms with Crippen molar-refractivity contribution in [2.45, 2.75) is 38.1 Å². The van der Waals surface area contributed by atoms with Crippen LogP contribution in [0.25, 0.3) is 0 Å². The number of hydrogen-bond acceptors (Lipinski definition) is 5. The van der Waals surface area contributed by atoms with Gasteiger partial charge in [-0.15, -0.1) is 0 Å². The first-order valence-electron chi connectivity index (χ1n) is 8.42. The molecule has 1 aromatic heterocycles. The third-order valence-electron chi connectivity index (χ3n) is 4.36. The monoisotopic (exact) mass is 343 g/mol. The van der Waals surface area contributed by atoms with E-state index < -0.39 is 11.7 Å². The van der Waals surface area contributed by atoms with E-state index in [-0.39, 0.29) is 23.2 Å². The Labute approximate surface area is 145 Å². The Kier molecular flexibility index (Phi) is 5.02. The Bertz CT molecular complexity index is 757. The van der Waals surface area contributed by atoms with Gasteiger partial charge in [-0.2, -0.15) is 0 Å². The number of pyridine rings is 1. The summed E-state index contributed by atoms with van der Waals surface area (Å²) in [5.41, 5.74) is 12.3. The van der Waals surface area contributed by atoms with Gasteiger partial charge in [0, 0.05) is 17.4 Å².